The standard InChI is InChI=1S/C32H30Cl2FN3O4S/c1-22-15-17-25(18-16-22)43(41,42)38(28-14-8-12-26(33)31(28)34)21-30(39)37(20-24-11-6-7-13-27(24)35)29(32(40)36-2)19-23-9-4-3-5-10-23/h3-18,29H,19-21H2,1-2H3,(H,36,40)/t29-/m1/s1. The van der Waals surface area contributed by atoms with Crippen molar-refractivity contribution in [3.63, 3.8) is 0 Å². The quantitative estimate of drug-likeness (QED) is 0.217. The topological polar surface area (TPSA) is 86.8 Å². The lowest BCUT2D eigenvalue weighted by Crippen LogP contribution is -2.53. The molecule has 0 spiro atoms. The zero-order chi connectivity index (χ0) is 31.1. The number of nitrogens with one attached hydrogen (secondary N) is 1. The Hall–Kier alpha value is -3.92. The molecule has 0 aliphatic heterocycles. The minimum absolute atomic E-state index is 0.0199. The first-order chi connectivity index (χ1) is 20.5. The maximum absolute atomic E-state index is 14.9. The van der Waals surface area contributed by atoms with Gasteiger partial charge in [0.05, 0.1) is 20.6 Å². The summed E-state index contributed by atoms with van der Waals surface area (Å²) in [7, 11) is -2.93. The molecule has 0 saturated heterocycles. The summed E-state index contributed by atoms with van der Waals surface area (Å²) in [6.07, 6.45) is 0.101. The van der Waals surface area contributed by atoms with Gasteiger partial charge in [-0.25, -0.2) is 12.8 Å². The summed E-state index contributed by atoms with van der Waals surface area (Å²) < 4.78 is 43.8. The van der Waals surface area contributed by atoms with E-state index >= 15 is 0 Å². The van der Waals surface area contributed by atoms with Crippen molar-refractivity contribution in [3.8, 4) is 0 Å². The number of hydrogen-bond donors (Lipinski definition) is 1. The highest BCUT2D eigenvalue weighted by Gasteiger charge is 2.35. The molecule has 4 aromatic carbocycles. The van der Waals surface area contributed by atoms with Gasteiger partial charge in [-0.05, 0) is 42.8 Å². The van der Waals surface area contributed by atoms with Crippen LogP contribution in [0.4, 0.5) is 10.1 Å². The van der Waals surface area contributed by atoms with Crippen LogP contribution in [0.3, 0.4) is 0 Å². The van der Waals surface area contributed by atoms with Crippen LogP contribution in [0.2, 0.25) is 10.0 Å². The second kappa shape index (κ2) is 14.0. The minimum Gasteiger partial charge on any atom is -0.357 e. The lowest BCUT2D eigenvalue weighted by molar-refractivity contribution is -0.139. The van der Waals surface area contributed by atoms with E-state index in [0.717, 1.165) is 15.4 Å². The van der Waals surface area contributed by atoms with Gasteiger partial charge < -0.3 is 10.2 Å². The summed E-state index contributed by atoms with van der Waals surface area (Å²) in [4.78, 5) is 28.7. The molecule has 2 amide bonds. The molecule has 7 nitrogen and oxygen atoms in total. The van der Waals surface area contributed by atoms with Gasteiger partial charge in [0.15, 0.2) is 0 Å². The van der Waals surface area contributed by atoms with E-state index in [2.05, 4.69) is 5.32 Å². The maximum atomic E-state index is 14.9. The molecule has 4 aromatic rings. The number of amides is 2. The lowest BCUT2D eigenvalue weighted by atomic mass is 10.0. The molecule has 43 heavy (non-hydrogen) atoms. The predicted octanol–water partition coefficient (Wildman–Crippen LogP) is 6.02. The second-order valence-electron chi connectivity index (χ2n) is 9.83. The van der Waals surface area contributed by atoms with E-state index < -0.39 is 40.2 Å². The summed E-state index contributed by atoms with van der Waals surface area (Å²) in [6, 6.07) is 24.4. The third-order valence-electron chi connectivity index (χ3n) is 6.90. The Bertz CT molecular complexity index is 1700. The Labute approximate surface area is 260 Å². The van der Waals surface area contributed by atoms with Crippen LogP contribution in [0.25, 0.3) is 0 Å². The number of sulfonamides is 1. The molecule has 224 valence electrons. The zero-order valence-corrected chi connectivity index (χ0v) is 25.8. The van der Waals surface area contributed by atoms with Gasteiger partial charge in [0.25, 0.3) is 10.0 Å². The van der Waals surface area contributed by atoms with Crippen LogP contribution in [0.5, 0.6) is 0 Å². The van der Waals surface area contributed by atoms with Crippen LogP contribution < -0.4 is 9.62 Å². The number of likely N-dealkylation sites (N-methyl/N-ethyl adjacent to an activating group) is 1. The van der Waals surface area contributed by atoms with Crippen LogP contribution in [0.15, 0.2) is 102 Å². The number of carbonyl (C=O) groups excluding carboxylic acids is 2. The number of benzene rings is 4. The van der Waals surface area contributed by atoms with Gasteiger partial charge in [-0.3, -0.25) is 13.9 Å². The molecule has 1 atom stereocenters. The Morgan fingerprint density at radius 2 is 1.53 bits per heavy atom. The average molecular weight is 643 g/mol. The van der Waals surface area contributed by atoms with Gasteiger partial charge in [-0.1, -0.05) is 95.5 Å². The van der Waals surface area contributed by atoms with Gasteiger partial charge in [0.1, 0.15) is 18.4 Å². The number of halogens is 3. The normalized spacial score (nSPS) is 11.9. The molecule has 0 radical (unpaired) electrons. The number of anilines is 1. The van der Waals surface area contributed by atoms with Crippen LogP contribution in [0.1, 0.15) is 16.7 Å². The summed E-state index contributed by atoms with van der Waals surface area (Å²) in [6.45, 7) is 0.781. The van der Waals surface area contributed by atoms with Gasteiger partial charge in [0, 0.05) is 25.6 Å². The third-order valence-corrected chi connectivity index (χ3v) is 9.49. The number of hydrogen-bond acceptors (Lipinski definition) is 4. The van der Waals surface area contributed by atoms with E-state index in [9.17, 15) is 22.4 Å². The SMILES string of the molecule is CNC(=O)[C@@H](Cc1ccccc1)N(Cc1ccccc1F)C(=O)CN(c1cccc(Cl)c1Cl)S(=O)(=O)c1ccc(C)cc1. The molecule has 0 heterocycles. The van der Waals surface area contributed by atoms with Crippen molar-refractivity contribution in [1.29, 1.82) is 0 Å². The molecule has 0 fully saturated rings. The smallest absolute Gasteiger partial charge is 0.264 e. The Balaban J connectivity index is 1.83. The summed E-state index contributed by atoms with van der Waals surface area (Å²) in [5.74, 6) is -1.82. The minimum atomic E-state index is -4.36. The van der Waals surface area contributed by atoms with E-state index in [1.807, 2.05) is 25.1 Å². The fourth-order valence-corrected chi connectivity index (χ4v) is 6.44. The van der Waals surface area contributed by atoms with E-state index in [1.165, 1.54) is 60.5 Å². The van der Waals surface area contributed by atoms with E-state index in [-0.39, 0.29) is 39.2 Å². The van der Waals surface area contributed by atoms with Crippen LogP contribution in [-0.2, 0) is 32.6 Å². The summed E-state index contributed by atoms with van der Waals surface area (Å²) >= 11 is 12.7. The molecule has 0 aliphatic rings. The highest BCUT2D eigenvalue weighted by molar-refractivity contribution is 7.92. The van der Waals surface area contributed by atoms with Crippen molar-refractivity contribution in [2.75, 3.05) is 17.9 Å². The van der Waals surface area contributed by atoms with Crippen molar-refractivity contribution in [3.05, 3.63) is 130 Å². The molecule has 11 heteroatoms. The zero-order valence-electron chi connectivity index (χ0n) is 23.5. The first-order valence-corrected chi connectivity index (χ1v) is 15.5. The number of nitrogens with zero attached hydrogens (tertiary/aromatic N) is 2. The Morgan fingerprint density at radius 1 is 0.884 bits per heavy atom. The van der Waals surface area contributed by atoms with Crippen molar-refractivity contribution >= 4 is 50.7 Å². The molecule has 0 saturated carbocycles. The first kappa shape index (κ1) is 32.0. The van der Waals surface area contributed by atoms with Crippen LogP contribution in [0, 0.1) is 12.7 Å². The number of aryl methyl sites for hydroxylation is 1. The highest BCUT2D eigenvalue weighted by atomic mass is 35.5. The molecular formula is C32H30Cl2FN3O4S. The van der Waals surface area contributed by atoms with Crippen molar-refractivity contribution < 1.29 is 22.4 Å². The molecule has 0 bridgehead atoms. The number of rotatable bonds is 11. The average Bonchev–Trinajstić information content (AvgIpc) is 3.00. The third kappa shape index (κ3) is 7.54. The second-order valence-corrected chi connectivity index (χ2v) is 12.5. The maximum Gasteiger partial charge on any atom is 0.264 e. The number of carbonyl (C=O) groups is 2. The highest BCUT2D eigenvalue weighted by Crippen LogP contribution is 2.35. The van der Waals surface area contributed by atoms with Crippen molar-refractivity contribution in [2.45, 2.75) is 30.8 Å². The van der Waals surface area contributed by atoms with E-state index in [4.69, 9.17) is 23.2 Å². The molecule has 0 aromatic heterocycles. The Kier molecular flexibility index (Phi) is 10.4. The molecular weight excluding hydrogens is 612 g/mol. The molecule has 4 rings (SSSR count). The van der Waals surface area contributed by atoms with Crippen LogP contribution >= 0.6 is 23.2 Å². The van der Waals surface area contributed by atoms with E-state index in [0.29, 0.717) is 0 Å². The van der Waals surface area contributed by atoms with Crippen molar-refractivity contribution in [1.82, 2.24) is 10.2 Å². The van der Waals surface area contributed by atoms with Gasteiger partial charge in [-0.2, -0.15) is 0 Å². The van der Waals surface area contributed by atoms with Gasteiger partial charge in [0.2, 0.25) is 11.8 Å². The summed E-state index contributed by atoms with van der Waals surface area (Å²) in [5, 5.41) is 2.61. The fourth-order valence-electron chi connectivity index (χ4n) is 4.57. The monoisotopic (exact) mass is 641 g/mol. The largest absolute Gasteiger partial charge is 0.357 e. The van der Waals surface area contributed by atoms with E-state index in [1.54, 1.807) is 30.3 Å². The lowest BCUT2D eigenvalue weighted by Gasteiger charge is -2.34. The molecule has 0 unspecified atom stereocenters. The van der Waals surface area contributed by atoms with Gasteiger partial charge in [-0.15, -0.1) is 0 Å². The predicted molar refractivity (Wildman–Crippen MR) is 167 cm³/mol. The molecule has 1 N–H and O–H groups in total. The first-order valence-electron chi connectivity index (χ1n) is 13.3. The Morgan fingerprint density at radius 3 is 2.19 bits per heavy atom. The van der Waals surface area contributed by atoms with Gasteiger partial charge >= 0.3 is 0 Å². The summed E-state index contributed by atoms with van der Waals surface area (Å²) in [5.41, 5.74) is 1.73. The van der Waals surface area contributed by atoms with Crippen LogP contribution in [-0.4, -0.2) is 44.8 Å². The molecule has 0 aliphatic carbocycles. The van der Waals surface area contributed by atoms with Crippen molar-refractivity contribution in [2.24, 2.45) is 0 Å². The fraction of sp³-hybridized carbons (Fsp3) is 0.188.